The highest BCUT2D eigenvalue weighted by molar-refractivity contribution is 8.01. The summed E-state index contributed by atoms with van der Waals surface area (Å²) in [5, 5.41) is 0. The second kappa shape index (κ2) is 3.93. The summed E-state index contributed by atoms with van der Waals surface area (Å²) in [7, 11) is 0. The Labute approximate surface area is 48.7 Å². The minimum Gasteiger partial charge on any atom is -0.224 e. The second-order valence-electron chi connectivity index (χ2n) is 1.16. The fourth-order valence-corrected chi connectivity index (χ4v) is 0.428. The number of hydrogen-bond acceptors (Lipinski definition) is 2. The van der Waals surface area contributed by atoms with Crippen LogP contribution in [0.15, 0.2) is 15.9 Å². The van der Waals surface area contributed by atoms with Gasteiger partial charge in [0.05, 0.1) is 0 Å². The van der Waals surface area contributed by atoms with Gasteiger partial charge in [0.2, 0.25) is 0 Å². The molecule has 0 aliphatic carbocycles. The van der Waals surface area contributed by atoms with E-state index in [1.54, 1.807) is 6.21 Å². The monoisotopic (exact) mass is 115 g/mol. The molecule has 0 spiro atoms. The van der Waals surface area contributed by atoms with E-state index in [-0.39, 0.29) is 0 Å². The van der Waals surface area contributed by atoms with E-state index in [1.807, 2.05) is 13.8 Å². The van der Waals surface area contributed by atoms with Crippen LogP contribution in [0.5, 0.6) is 0 Å². The van der Waals surface area contributed by atoms with Crippen LogP contribution in [0.4, 0.5) is 0 Å². The maximum Gasteiger partial charge on any atom is 0.00987 e. The van der Waals surface area contributed by atoms with Crippen molar-refractivity contribution in [2.45, 2.75) is 13.8 Å². The molecule has 0 fully saturated rings. The van der Waals surface area contributed by atoms with Crippen LogP contribution in [0.3, 0.4) is 0 Å². The van der Waals surface area contributed by atoms with Gasteiger partial charge in [-0.05, 0) is 18.8 Å². The molecule has 1 nitrogen and oxygen atoms in total. The predicted octanol–water partition coefficient (Wildman–Crippen LogP) is 2.26. The van der Waals surface area contributed by atoms with Gasteiger partial charge in [-0.2, -0.15) is 0 Å². The maximum atomic E-state index is 3.86. The molecule has 0 heterocycles. The van der Waals surface area contributed by atoms with Crippen LogP contribution in [0.25, 0.3) is 0 Å². The minimum absolute atomic E-state index is 1.03. The Balaban J connectivity index is 3.14. The summed E-state index contributed by atoms with van der Waals surface area (Å²) in [6.07, 6.45) is 1.75. The Morgan fingerprint density at radius 3 is 2.57 bits per heavy atom. The Kier molecular flexibility index (Phi) is 3.80. The van der Waals surface area contributed by atoms with Gasteiger partial charge in [-0.1, -0.05) is 6.58 Å². The molecule has 2 heteroatoms. The van der Waals surface area contributed by atoms with Crippen molar-refractivity contribution in [2.24, 2.45) is 4.40 Å². The Morgan fingerprint density at radius 1 is 1.86 bits per heavy atom. The fourth-order valence-electron chi connectivity index (χ4n) is 0.143. The molecule has 0 unspecified atom stereocenters. The van der Waals surface area contributed by atoms with Crippen LogP contribution in [-0.2, 0) is 0 Å². The van der Waals surface area contributed by atoms with Crippen LogP contribution in [0.2, 0.25) is 0 Å². The standard InChI is InChI=1S/C5H9NS/c1-4-6-7-5(2)3/h4H,2H2,1,3H3/b6-4-. The third kappa shape index (κ3) is 5.76. The molecule has 0 aliphatic heterocycles. The molecule has 0 saturated heterocycles. The molecule has 0 radical (unpaired) electrons. The van der Waals surface area contributed by atoms with E-state index in [4.69, 9.17) is 0 Å². The molecule has 0 aromatic rings. The van der Waals surface area contributed by atoms with Gasteiger partial charge in [0.1, 0.15) is 0 Å². The largest absolute Gasteiger partial charge is 0.224 e. The lowest BCUT2D eigenvalue weighted by Crippen LogP contribution is -1.55. The zero-order valence-corrected chi connectivity index (χ0v) is 5.46. The first kappa shape index (κ1) is 6.76. The van der Waals surface area contributed by atoms with Gasteiger partial charge in [0, 0.05) is 18.2 Å². The zero-order chi connectivity index (χ0) is 5.70. The third-order valence-electron chi connectivity index (χ3n) is 0.314. The van der Waals surface area contributed by atoms with Gasteiger partial charge in [-0.15, -0.1) is 0 Å². The maximum absolute atomic E-state index is 3.86. The van der Waals surface area contributed by atoms with Crippen molar-refractivity contribution < 1.29 is 0 Å². The van der Waals surface area contributed by atoms with Crippen LogP contribution < -0.4 is 0 Å². The molecule has 0 aromatic carbocycles. The first-order chi connectivity index (χ1) is 3.27. The van der Waals surface area contributed by atoms with E-state index in [0.29, 0.717) is 0 Å². The lowest BCUT2D eigenvalue weighted by molar-refractivity contribution is 1.71. The second-order valence-corrected chi connectivity index (χ2v) is 2.25. The van der Waals surface area contributed by atoms with Crippen molar-refractivity contribution in [3.8, 4) is 0 Å². The van der Waals surface area contributed by atoms with Gasteiger partial charge >= 0.3 is 0 Å². The van der Waals surface area contributed by atoms with Crippen molar-refractivity contribution >= 4 is 18.2 Å². The minimum atomic E-state index is 1.03. The van der Waals surface area contributed by atoms with Gasteiger partial charge in [0.15, 0.2) is 0 Å². The van der Waals surface area contributed by atoms with E-state index in [1.165, 1.54) is 11.9 Å². The van der Waals surface area contributed by atoms with Crippen LogP contribution in [-0.4, -0.2) is 6.21 Å². The van der Waals surface area contributed by atoms with Crippen molar-refractivity contribution in [2.75, 3.05) is 0 Å². The SMILES string of the molecule is C=C(C)S/N=C\C. The number of allylic oxidation sites excluding steroid dienone is 1. The Bertz CT molecular complexity index is 86.1. The fraction of sp³-hybridized carbons (Fsp3) is 0.400. The average Bonchev–Trinajstić information content (AvgIpc) is 1.61. The first-order valence-electron chi connectivity index (χ1n) is 2.08. The van der Waals surface area contributed by atoms with E-state index < -0.39 is 0 Å². The van der Waals surface area contributed by atoms with Crippen LogP contribution >= 0.6 is 11.9 Å². The highest BCUT2D eigenvalue weighted by Gasteiger charge is 1.75. The zero-order valence-electron chi connectivity index (χ0n) is 4.64. The summed E-state index contributed by atoms with van der Waals surface area (Å²) >= 11 is 1.41. The topological polar surface area (TPSA) is 12.4 Å². The van der Waals surface area contributed by atoms with Crippen LogP contribution in [0, 0.1) is 0 Å². The van der Waals surface area contributed by atoms with Gasteiger partial charge in [0.25, 0.3) is 0 Å². The summed E-state index contributed by atoms with van der Waals surface area (Å²) in [6, 6.07) is 0. The van der Waals surface area contributed by atoms with Crippen molar-refractivity contribution in [3.63, 3.8) is 0 Å². The summed E-state index contributed by atoms with van der Waals surface area (Å²) in [5.74, 6) is 0. The molecule has 0 bridgehead atoms. The molecular formula is C5H9NS. The summed E-state index contributed by atoms with van der Waals surface area (Å²) in [5.41, 5.74) is 0. The Hall–Kier alpha value is -0.240. The molecule has 40 valence electrons. The lowest BCUT2D eigenvalue weighted by atomic mass is 10.8. The molecule has 0 aliphatic rings. The summed E-state index contributed by atoms with van der Waals surface area (Å²) < 4.78 is 3.86. The molecule has 0 amide bonds. The van der Waals surface area contributed by atoms with E-state index in [9.17, 15) is 0 Å². The normalized spacial score (nSPS) is 10.0. The molecule has 7 heavy (non-hydrogen) atoms. The number of nitrogens with zero attached hydrogens (tertiary/aromatic N) is 1. The number of hydrogen-bond donors (Lipinski definition) is 0. The van der Waals surface area contributed by atoms with Gasteiger partial charge in [-0.3, -0.25) is 0 Å². The molecule has 0 saturated carbocycles. The summed E-state index contributed by atoms with van der Waals surface area (Å²) in [6.45, 7) is 7.45. The molecule has 0 N–H and O–H groups in total. The van der Waals surface area contributed by atoms with Gasteiger partial charge < -0.3 is 0 Å². The molecular weight excluding hydrogens is 106 g/mol. The quantitative estimate of drug-likeness (QED) is 0.397. The molecule has 0 aromatic heterocycles. The molecule has 0 rings (SSSR count). The van der Waals surface area contributed by atoms with Gasteiger partial charge in [-0.25, -0.2) is 4.40 Å². The average molecular weight is 115 g/mol. The van der Waals surface area contributed by atoms with E-state index in [0.717, 1.165) is 4.91 Å². The smallest absolute Gasteiger partial charge is 0.00987 e. The Morgan fingerprint density at radius 2 is 2.43 bits per heavy atom. The van der Waals surface area contributed by atoms with Crippen molar-refractivity contribution in [1.82, 2.24) is 0 Å². The summed E-state index contributed by atoms with van der Waals surface area (Å²) in [4.78, 5) is 1.03. The number of rotatable bonds is 2. The highest BCUT2D eigenvalue weighted by atomic mass is 32.2. The predicted molar refractivity (Wildman–Crippen MR) is 36.6 cm³/mol. The van der Waals surface area contributed by atoms with E-state index >= 15 is 0 Å². The third-order valence-corrected chi connectivity index (χ3v) is 0.942. The molecule has 0 atom stereocenters. The van der Waals surface area contributed by atoms with Crippen molar-refractivity contribution in [3.05, 3.63) is 11.5 Å². The first-order valence-corrected chi connectivity index (χ1v) is 2.85. The van der Waals surface area contributed by atoms with E-state index in [2.05, 4.69) is 11.0 Å². The highest BCUT2D eigenvalue weighted by Crippen LogP contribution is 2.10. The lowest BCUT2D eigenvalue weighted by Gasteiger charge is -1.83. The van der Waals surface area contributed by atoms with Crippen LogP contribution in [0.1, 0.15) is 13.8 Å². The van der Waals surface area contributed by atoms with Crippen molar-refractivity contribution in [1.29, 1.82) is 0 Å².